The number of pyridine rings is 1. The molecule has 36 heavy (non-hydrogen) atoms. The quantitative estimate of drug-likeness (QED) is 0.424. The van der Waals surface area contributed by atoms with E-state index in [4.69, 9.17) is 4.74 Å². The van der Waals surface area contributed by atoms with Crippen LogP contribution in [-0.2, 0) is 5.41 Å². The number of nitrogens with zero attached hydrogens (tertiary/aromatic N) is 5. The molecule has 3 heterocycles. The molecular weight excluding hydrogens is 452 g/mol. The van der Waals surface area contributed by atoms with Crippen molar-refractivity contribution >= 4 is 44.6 Å². The molecule has 1 aromatic carbocycles. The van der Waals surface area contributed by atoms with Crippen LogP contribution in [0.1, 0.15) is 62.6 Å². The van der Waals surface area contributed by atoms with Crippen molar-refractivity contribution in [2.24, 2.45) is 0 Å². The number of carbonyl (C=O) groups excluding carboxylic acids is 1. The predicted molar refractivity (Wildman–Crippen MR) is 144 cm³/mol. The smallest absolute Gasteiger partial charge is 0.320 e. The molecule has 9 nitrogen and oxygen atoms in total. The zero-order valence-corrected chi connectivity index (χ0v) is 21.2. The van der Waals surface area contributed by atoms with Gasteiger partial charge in [-0.05, 0) is 36.1 Å². The Morgan fingerprint density at radius 1 is 1.06 bits per heavy atom. The summed E-state index contributed by atoms with van der Waals surface area (Å²) in [4.78, 5) is 21.8. The van der Waals surface area contributed by atoms with E-state index in [2.05, 4.69) is 63.7 Å². The summed E-state index contributed by atoms with van der Waals surface area (Å²) in [6.45, 7) is 6.25. The summed E-state index contributed by atoms with van der Waals surface area (Å²) >= 11 is 0. The molecule has 3 aromatic heterocycles. The van der Waals surface area contributed by atoms with Gasteiger partial charge in [0.25, 0.3) is 0 Å². The van der Waals surface area contributed by atoms with Gasteiger partial charge < -0.3 is 10.1 Å². The fourth-order valence-electron chi connectivity index (χ4n) is 4.57. The van der Waals surface area contributed by atoms with E-state index in [1.807, 2.05) is 56.6 Å². The number of amides is 2. The largest absolute Gasteiger partial charge is 0.484 e. The Kier molecular flexibility index (Phi) is 6.15. The summed E-state index contributed by atoms with van der Waals surface area (Å²) in [5.74, 6) is 1.25. The lowest BCUT2D eigenvalue weighted by Crippen LogP contribution is -2.36. The first-order valence-electron chi connectivity index (χ1n) is 12.2. The Hall–Kier alpha value is -3.88. The van der Waals surface area contributed by atoms with Crippen LogP contribution < -0.4 is 26.8 Å². The summed E-state index contributed by atoms with van der Waals surface area (Å²) in [5, 5.41) is 14.3. The number of ether oxygens (including phenoxy) is 1. The summed E-state index contributed by atoms with van der Waals surface area (Å²) in [7, 11) is 3.74. The highest BCUT2D eigenvalue weighted by atomic mass is 16.5. The average Bonchev–Trinajstić information content (AvgIpc) is 3.20. The van der Waals surface area contributed by atoms with Crippen LogP contribution in [0.15, 0.2) is 48.7 Å². The molecule has 0 saturated heterocycles. The molecule has 0 radical (unpaired) electrons. The van der Waals surface area contributed by atoms with Crippen LogP contribution >= 0.6 is 0 Å². The number of urea groups is 1. The third-order valence-electron chi connectivity index (χ3n) is 6.41. The van der Waals surface area contributed by atoms with Crippen LogP contribution in [0, 0.1) is 0 Å². The number of fused-ring (bicyclic) bond motifs is 2. The van der Waals surface area contributed by atoms with Crippen molar-refractivity contribution in [3.05, 3.63) is 65.5 Å². The van der Waals surface area contributed by atoms with Gasteiger partial charge in [-0.1, -0.05) is 45.0 Å². The monoisotopic (exact) mass is 481 g/mol. The van der Waals surface area contributed by atoms with Gasteiger partial charge >= 0.3 is 6.03 Å². The molecule has 5 rings (SSSR count). The van der Waals surface area contributed by atoms with Gasteiger partial charge in [0.05, 0.1) is 29.4 Å². The molecule has 1 aliphatic rings. The molecule has 0 unspecified atom stereocenters. The molecule has 4 aromatic rings. The minimum Gasteiger partial charge on any atom is -0.484 e. The lowest BCUT2D eigenvalue weighted by Gasteiger charge is -2.32. The SMILES string of the molecule is Bc1nc(NC(=O)N[C@H]2CC[C@@H](Oc3ccc4nnc(B)n4c3)c3ccccc32)cc(C(C)(C)C)n1. The molecule has 2 atom stereocenters. The van der Waals surface area contributed by atoms with E-state index < -0.39 is 0 Å². The van der Waals surface area contributed by atoms with Gasteiger partial charge in [0.2, 0.25) is 0 Å². The molecule has 2 amide bonds. The molecule has 0 spiro atoms. The van der Waals surface area contributed by atoms with Crippen LogP contribution in [0.3, 0.4) is 0 Å². The molecule has 0 bridgehead atoms. The Labute approximate surface area is 211 Å². The maximum absolute atomic E-state index is 12.9. The number of rotatable bonds is 4. The van der Waals surface area contributed by atoms with Gasteiger partial charge in [-0.15, -0.1) is 10.2 Å². The summed E-state index contributed by atoms with van der Waals surface area (Å²) in [6, 6.07) is 13.3. The van der Waals surface area contributed by atoms with Crippen LogP contribution in [0.4, 0.5) is 10.6 Å². The second kappa shape index (κ2) is 9.29. The lowest BCUT2D eigenvalue weighted by molar-refractivity contribution is 0.172. The number of hydrogen-bond donors (Lipinski definition) is 2. The summed E-state index contributed by atoms with van der Waals surface area (Å²) in [5.41, 5.74) is 5.09. The first-order valence-corrected chi connectivity index (χ1v) is 12.2. The van der Waals surface area contributed by atoms with E-state index >= 15 is 0 Å². The minimum atomic E-state index is -0.291. The van der Waals surface area contributed by atoms with E-state index in [9.17, 15) is 4.79 Å². The van der Waals surface area contributed by atoms with E-state index in [1.165, 1.54) is 0 Å². The summed E-state index contributed by atoms with van der Waals surface area (Å²) in [6.07, 6.45) is 3.32. The van der Waals surface area contributed by atoms with Crippen LogP contribution in [0.2, 0.25) is 0 Å². The maximum Gasteiger partial charge on any atom is 0.320 e. The lowest BCUT2D eigenvalue weighted by atomic mass is 9.85. The van der Waals surface area contributed by atoms with Crippen molar-refractivity contribution in [1.29, 1.82) is 0 Å². The van der Waals surface area contributed by atoms with Crippen LogP contribution in [0.5, 0.6) is 5.75 Å². The average molecular weight is 481 g/mol. The van der Waals surface area contributed by atoms with Gasteiger partial charge in [-0.3, -0.25) is 9.72 Å². The first-order chi connectivity index (χ1) is 17.2. The standard InChI is InChI=1S/C25H29B2N7O2/c1-25(2,3)19-12-20(30-22(26)29-19)31-24(35)28-17-9-10-18(16-7-5-4-6-15(16)17)36-14-8-11-21-32-33-23(27)34(21)13-14/h4-8,11-13,17-18H,9-10,26-27H2,1-3H3,(H2,28,29,30,31,35)/t17-,18+/m0/s1. The zero-order valence-electron chi connectivity index (χ0n) is 21.2. The highest BCUT2D eigenvalue weighted by Gasteiger charge is 2.29. The third-order valence-corrected chi connectivity index (χ3v) is 6.41. The van der Waals surface area contributed by atoms with Gasteiger partial charge in [-0.25, -0.2) is 14.8 Å². The third kappa shape index (κ3) is 4.91. The molecular formula is C25H29B2N7O2. The van der Waals surface area contributed by atoms with Gasteiger partial charge in [-0.2, -0.15) is 0 Å². The Bertz CT molecular complexity index is 1430. The molecule has 0 aliphatic heterocycles. The van der Waals surface area contributed by atoms with Crippen molar-refractivity contribution in [3.8, 4) is 5.75 Å². The maximum atomic E-state index is 12.9. The topological polar surface area (TPSA) is 106 Å². The van der Waals surface area contributed by atoms with Gasteiger partial charge in [0.1, 0.15) is 17.7 Å². The van der Waals surface area contributed by atoms with Gasteiger partial charge in [0, 0.05) is 11.5 Å². The number of nitrogens with one attached hydrogen (secondary N) is 2. The zero-order chi connectivity index (χ0) is 25.4. The molecule has 0 saturated carbocycles. The number of aromatic nitrogens is 5. The first kappa shape index (κ1) is 23.8. The molecule has 2 N–H and O–H groups in total. The Morgan fingerprint density at radius 2 is 1.83 bits per heavy atom. The molecule has 11 heteroatoms. The second-order valence-electron chi connectivity index (χ2n) is 10.2. The normalized spacial score (nSPS) is 17.4. The summed E-state index contributed by atoms with van der Waals surface area (Å²) < 4.78 is 8.32. The van der Waals surface area contributed by atoms with E-state index in [-0.39, 0.29) is 23.6 Å². The highest BCUT2D eigenvalue weighted by Crippen LogP contribution is 2.38. The van der Waals surface area contributed by atoms with Crippen molar-refractivity contribution in [2.75, 3.05) is 5.32 Å². The number of hydrogen-bond acceptors (Lipinski definition) is 6. The van der Waals surface area contributed by atoms with Crippen molar-refractivity contribution in [3.63, 3.8) is 0 Å². The van der Waals surface area contributed by atoms with Crippen molar-refractivity contribution in [2.45, 2.75) is 51.2 Å². The molecule has 1 aliphatic carbocycles. The van der Waals surface area contributed by atoms with E-state index in [0.29, 0.717) is 11.5 Å². The molecule has 0 fully saturated rings. The van der Waals surface area contributed by atoms with E-state index in [0.717, 1.165) is 46.8 Å². The Balaban J connectivity index is 1.31. The second-order valence-corrected chi connectivity index (χ2v) is 10.2. The van der Waals surface area contributed by atoms with Crippen LogP contribution in [-0.4, -0.2) is 46.3 Å². The van der Waals surface area contributed by atoms with Crippen molar-refractivity contribution < 1.29 is 9.53 Å². The van der Waals surface area contributed by atoms with E-state index in [1.54, 1.807) is 0 Å². The fourth-order valence-corrected chi connectivity index (χ4v) is 4.57. The molecule has 182 valence electrons. The van der Waals surface area contributed by atoms with Gasteiger partial charge in [0.15, 0.2) is 21.3 Å². The highest BCUT2D eigenvalue weighted by molar-refractivity contribution is 6.29. The Morgan fingerprint density at radius 3 is 2.61 bits per heavy atom. The minimum absolute atomic E-state index is 0.115. The van der Waals surface area contributed by atoms with Crippen LogP contribution in [0.25, 0.3) is 5.65 Å². The number of anilines is 1. The fraction of sp³-hybridized carbons (Fsp3) is 0.320. The number of carbonyl (C=O) groups is 1. The predicted octanol–water partition coefficient (Wildman–Crippen LogP) is 1.11. The number of benzene rings is 1. The van der Waals surface area contributed by atoms with Crippen molar-refractivity contribution in [1.82, 2.24) is 29.9 Å².